The zero-order chi connectivity index (χ0) is 12.7. The van der Waals surface area contributed by atoms with Gasteiger partial charge >= 0.3 is 5.97 Å². The maximum absolute atomic E-state index is 11.6. The van der Waals surface area contributed by atoms with Crippen LogP contribution in [0.15, 0.2) is 24.3 Å². The number of esters is 1. The van der Waals surface area contributed by atoms with Crippen LogP contribution in [0.1, 0.15) is 31.1 Å². The Hall–Kier alpha value is -1.39. The van der Waals surface area contributed by atoms with Crippen molar-refractivity contribution in [1.29, 1.82) is 0 Å². The topological polar surface area (TPSA) is 44.8 Å². The summed E-state index contributed by atoms with van der Waals surface area (Å²) in [6.07, 6.45) is -1.05. The van der Waals surface area contributed by atoms with Crippen molar-refractivity contribution < 1.29 is 19.0 Å². The van der Waals surface area contributed by atoms with E-state index in [9.17, 15) is 4.79 Å². The highest BCUT2D eigenvalue weighted by Crippen LogP contribution is 2.06. The number of hydrogen-bond acceptors (Lipinski definition) is 4. The third kappa shape index (κ3) is 4.97. The van der Waals surface area contributed by atoms with E-state index in [0.717, 1.165) is 0 Å². The monoisotopic (exact) mass is 237 g/mol. The molecule has 0 spiro atoms. The Kier molecular flexibility index (Phi) is 5.66. The Balaban J connectivity index is 2.41. The molecule has 0 aliphatic carbocycles. The maximum Gasteiger partial charge on any atom is 0.340 e. The molecule has 4 nitrogen and oxygen atoms in total. The highest BCUT2D eigenvalue weighted by atomic mass is 16.8. The summed E-state index contributed by atoms with van der Waals surface area (Å²) in [5.74, 6) is -0.432. The van der Waals surface area contributed by atoms with Gasteiger partial charge in [-0.05, 0) is 39.0 Å². The van der Waals surface area contributed by atoms with Gasteiger partial charge < -0.3 is 14.2 Å². The molecule has 0 N–H and O–H groups in total. The van der Waals surface area contributed by atoms with Crippen molar-refractivity contribution in [2.75, 3.05) is 6.61 Å². The first-order chi connectivity index (χ1) is 8.13. The van der Waals surface area contributed by atoms with E-state index in [-0.39, 0.29) is 0 Å². The molecule has 17 heavy (non-hydrogen) atoms. The molecular weight excluding hydrogens is 220 g/mol. The molecule has 0 aromatic heterocycles. The van der Waals surface area contributed by atoms with Gasteiger partial charge in [0.05, 0.1) is 5.56 Å². The van der Waals surface area contributed by atoms with Crippen LogP contribution in [-0.2, 0) is 14.2 Å². The van der Waals surface area contributed by atoms with Crippen molar-refractivity contribution in [3.8, 4) is 0 Å². The molecule has 1 rings (SSSR count). The van der Waals surface area contributed by atoms with Gasteiger partial charge in [-0.1, -0.05) is 12.1 Å². The van der Waals surface area contributed by atoms with Crippen molar-refractivity contribution in [3.05, 3.63) is 35.9 Å². The summed E-state index contributed by atoms with van der Waals surface area (Å²) in [4.78, 5) is 11.6. The second kappa shape index (κ2) is 7.04. The molecule has 1 aromatic rings. The van der Waals surface area contributed by atoms with Crippen LogP contribution in [0.4, 0.5) is 0 Å². The standard InChI is InChI=1S/C13H17O4/c1-4-15-10(2)16-11(3)17-13(14)12-8-6-5-7-9-12/h5-6,8-11H,4H2,1-3H3. The quantitative estimate of drug-likeness (QED) is 0.563. The summed E-state index contributed by atoms with van der Waals surface area (Å²) in [5.41, 5.74) is 0.451. The first-order valence-electron chi connectivity index (χ1n) is 5.57. The smallest absolute Gasteiger partial charge is 0.340 e. The van der Waals surface area contributed by atoms with Gasteiger partial charge in [0.25, 0.3) is 0 Å². The molecule has 0 aliphatic heterocycles. The lowest BCUT2D eigenvalue weighted by molar-refractivity contribution is -0.211. The van der Waals surface area contributed by atoms with Crippen LogP contribution in [0.3, 0.4) is 0 Å². The minimum absolute atomic E-state index is 0.398. The van der Waals surface area contributed by atoms with Crippen LogP contribution in [0.25, 0.3) is 0 Å². The average Bonchev–Trinajstić information content (AvgIpc) is 2.30. The first kappa shape index (κ1) is 13.7. The van der Waals surface area contributed by atoms with Crippen molar-refractivity contribution >= 4 is 5.97 Å². The van der Waals surface area contributed by atoms with Crippen LogP contribution in [-0.4, -0.2) is 25.2 Å². The molecule has 0 saturated heterocycles. The van der Waals surface area contributed by atoms with Crippen LogP contribution >= 0.6 is 0 Å². The largest absolute Gasteiger partial charge is 0.432 e. The molecule has 0 aliphatic rings. The molecule has 0 heterocycles. The van der Waals surface area contributed by atoms with E-state index in [4.69, 9.17) is 14.2 Å². The molecule has 1 radical (unpaired) electrons. The lowest BCUT2D eigenvalue weighted by atomic mass is 10.2. The lowest BCUT2D eigenvalue weighted by Gasteiger charge is -2.19. The zero-order valence-electron chi connectivity index (χ0n) is 10.3. The highest BCUT2D eigenvalue weighted by Gasteiger charge is 2.14. The summed E-state index contributed by atoms with van der Waals surface area (Å²) in [5, 5.41) is 0. The van der Waals surface area contributed by atoms with Gasteiger partial charge in [-0.25, -0.2) is 4.79 Å². The third-order valence-corrected chi connectivity index (χ3v) is 2.00. The fraction of sp³-hybridized carbons (Fsp3) is 0.462. The zero-order valence-corrected chi connectivity index (χ0v) is 10.3. The normalized spacial score (nSPS) is 14.1. The molecule has 4 heteroatoms. The molecule has 93 valence electrons. The number of rotatable bonds is 6. The van der Waals surface area contributed by atoms with Gasteiger partial charge in [-0.3, -0.25) is 0 Å². The molecule has 2 atom stereocenters. The lowest BCUT2D eigenvalue weighted by Crippen LogP contribution is -2.24. The molecule has 0 saturated carbocycles. The second-order valence-corrected chi connectivity index (χ2v) is 3.42. The number of ether oxygens (including phenoxy) is 3. The number of carbonyl (C=O) groups is 1. The van der Waals surface area contributed by atoms with E-state index in [1.165, 1.54) is 0 Å². The minimum atomic E-state index is -0.649. The summed E-state index contributed by atoms with van der Waals surface area (Å²) >= 11 is 0. The Morgan fingerprint density at radius 3 is 2.76 bits per heavy atom. The Morgan fingerprint density at radius 1 is 1.41 bits per heavy atom. The van der Waals surface area contributed by atoms with Gasteiger partial charge in [-0.2, -0.15) is 0 Å². The Morgan fingerprint density at radius 2 is 2.18 bits per heavy atom. The summed E-state index contributed by atoms with van der Waals surface area (Å²) in [6.45, 7) is 5.83. The molecule has 0 bridgehead atoms. The number of carbonyl (C=O) groups excluding carboxylic acids is 1. The van der Waals surface area contributed by atoms with Gasteiger partial charge in [-0.15, -0.1) is 0 Å². The van der Waals surface area contributed by atoms with E-state index in [2.05, 4.69) is 6.07 Å². The van der Waals surface area contributed by atoms with E-state index < -0.39 is 18.5 Å². The maximum atomic E-state index is 11.6. The third-order valence-electron chi connectivity index (χ3n) is 2.00. The van der Waals surface area contributed by atoms with Crippen molar-refractivity contribution in [3.63, 3.8) is 0 Å². The SMILES string of the molecule is CCOC(C)OC(C)OC(=O)c1c[c]ccc1. The predicted molar refractivity (Wildman–Crippen MR) is 62.3 cm³/mol. The van der Waals surface area contributed by atoms with Crippen molar-refractivity contribution in [2.45, 2.75) is 33.4 Å². The molecule has 2 unspecified atom stereocenters. The van der Waals surface area contributed by atoms with E-state index in [0.29, 0.717) is 12.2 Å². The first-order valence-corrected chi connectivity index (χ1v) is 5.57. The van der Waals surface area contributed by atoms with Crippen LogP contribution < -0.4 is 0 Å². The summed E-state index contributed by atoms with van der Waals surface area (Å²) in [6, 6.07) is 9.49. The van der Waals surface area contributed by atoms with Crippen LogP contribution in [0.2, 0.25) is 0 Å². The average molecular weight is 237 g/mol. The van der Waals surface area contributed by atoms with E-state index in [1.807, 2.05) is 6.92 Å². The molecule has 1 aromatic carbocycles. The fourth-order valence-electron chi connectivity index (χ4n) is 1.31. The fourth-order valence-corrected chi connectivity index (χ4v) is 1.31. The van der Waals surface area contributed by atoms with E-state index >= 15 is 0 Å². The molecular formula is C13H17O4. The van der Waals surface area contributed by atoms with Crippen molar-refractivity contribution in [1.82, 2.24) is 0 Å². The summed E-state index contributed by atoms with van der Waals surface area (Å²) in [7, 11) is 0. The predicted octanol–water partition coefficient (Wildman–Crippen LogP) is 2.39. The van der Waals surface area contributed by atoms with E-state index in [1.54, 1.807) is 38.1 Å². The Bertz CT molecular complexity index is 337. The molecule has 0 amide bonds. The van der Waals surface area contributed by atoms with Gasteiger partial charge in [0.1, 0.15) is 0 Å². The number of benzene rings is 1. The van der Waals surface area contributed by atoms with Crippen LogP contribution in [0, 0.1) is 6.07 Å². The Labute approximate surface area is 101 Å². The highest BCUT2D eigenvalue weighted by molar-refractivity contribution is 5.89. The van der Waals surface area contributed by atoms with Crippen LogP contribution in [0.5, 0.6) is 0 Å². The minimum Gasteiger partial charge on any atom is -0.432 e. The summed E-state index contributed by atoms with van der Waals surface area (Å²) < 4.78 is 15.6. The van der Waals surface area contributed by atoms with Crippen molar-refractivity contribution in [2.24, 2.45) is 0 Å². The second-order valence-electron chi connectivity index (χ2n) is 3.42. The van der Waals surface area contributed by atoms with Gasteiger partial charge in [0, 0.05) is 6.61 Å². The molecule has 0 fully saturated rings. The van der Waals surface area contributed by atoms with Gasteiger partial charge in [0.2, 0.25) is 6.29 Å². The van der Waals surface area contributed by atoms with Gasteiger partial charge in [0.15, 0.2) is 6.29 Å². The number of hydrogen-bond donors (Lipinski definition) is 0.